The van der Waals surface area contributed by atoms with Crippen molar-refractivity contribution < 1.29 is 14.4 Å². The van der Waals surface area contributed by atoms with Crippen LogP contribution in [0.1, 0.15) is 103 Å². The minimum Gasteiger partial charge on any atom is -0.366 e. The minimum atomic E-state index is -0.507. The molecule has 8 nitrogen and oxygen atoms in total. The molecule has 3 atom stereocenters. The molecule has 2 aromatic heterocycles. The van der Waals surface area contributed by atoms with Crippen LogP contribution in [0.3, 0.4) is 0 Å². The van der Waals surface area contributed by atoms with E-state index in [1.807, 2.05) is 27.8 Å². The molecular formula is C35H43N5O3. The van der Waals surface area contributed by atoms with E-state index in [0.29, 0.717) is 43.1 Å². The molecule has 43 heavy (non-hydrogen) atoms. The molecule has 2 amide bonds. The van der Waals surface area contributed by atoms with Crippen molar-refractivity contribution in [2.75, 3.05) is 13.1 Å². The zero-order valence-corrected chi connectivity index (χ0v) is 25.7. The van der Waals surface area contributed by atoms with E-state index < -0.39 is 5.91 Å². The number of aromatic nitrogens is 2. The standard InChI is InChI=1S/C35H43N5O3/c1-19(2)24-8-9-27(34(36)42)32(30(24)20(3)4)40-18-28(26-10-13-37-17-29(26)40)33(41)22-11-14-39(15-12-22)35(43)31-25-7-6-23(38-31)16-21(25)5/h8-10,13,17-20,22-23,25,31,38H,5-7,11-12,14-16H2,1-4H3,(H2,36,42)/t23-,25+,31-/m0/s1. The largest absolute Gasteiger partial charge is 0.366 e. The van der Waals surface area contributed by atoms with Crippen molar-refractivity contribution in [3.63, 3.8) is 0 Å². The Bertz CT molecular complexity index is 1610. The average molecular weight is 582 g/mol. The molecule has 4 fully saturated rings. The van der Waals surface area contributed by atoms with E-state index in [1.54, 1.807) is 18.5 Å². The zero-order chi connectivity index (χ0) is 30.6. The number of benzene rings is 1. The average Bonchev–Trinajstić information content (AvgIpc) is 3.39. The van der Waals surface area contributed by atoms with Crippen LogP contribution in [0.5, 0.6) is 0 Å². The fourth-order valence-electron chi connectivity index (χ4n) is 7.74. The summed E-state index contributed by atoms with van der Waals surface area (Å²) in [4.78, 5) is 46.7. The third-order valence-corrected chi connectivity index (χ3v) is 9.95. The number of piperidine rings is 3. The summed E-state index contributed by atoms with van der Waals surface area (Å²) < 4.78 is 1.95. The number of carbonyl (C=O) groups is 3. The van der Waals surface area contributed by atoms with E-state index in [2.05, 4.69) is 44.6 Å². The van der Waals surface area contributed by atoms with Crippen molar-refractivity contribution in [1.29, 1.82) is 0 Å². The number of nitrogens with two attached hydrogens (primary N) is 1. The molecule has 226 valence electrons. The summed E-state index contributed by atoms with van der Waals surface area (Å²) >= 11 is 0. The van der Waals surface area contributed by atoms with E-state index in [0.717, 1.165) is 47.0 Å². The monoisotopic (exact) mass is 581 g/mol. The highest BCUT2D eigenvalue weighted by Gasteiger charge is 2.43. The Morgan fingerprint density at radius 3 is 2.37 bits per heavy atom. The second-order valence-corrected chi connectivity index (χ2v) is 13.3. The fourth-order valence-corrected chi connectivity index (χ4v) is 7.74. The van der Waals surface area contributed by atoms with Gasteiger partial charge in [0.2, 0.25) is 5.91 Å². The molecule has 0 spiro atoms. The fraction of sp³-hybridized carbons (Fsp3) is 0.486. The summed E-state index contributed by atoms with van der Waals surface area (Å²) in [6.45, 7) is 13.9. The first-order valence-electron chi connectivity index (χ1n) is 15.8. The van der Waals surface area contributed by atoms with Gasteiger partial charge in [-0.05, 0) is 67.2 Å². The molecule has 4 aliphatic rings. The molecule has 1 aliphatic carbocycles. The first-order chi connectivity index (χ1) is 20.6. The third-order valence-electron chi connectivity index (χ3n) is 9.95. The van der Waals surface area contributed by atoms with Crippen molar-refractivity contribution in [2.24, 2.45) is 17.6 Å². The normalized spacial score (nSPS) is 22.6. The Morgan fingerprint density at radius 2 is 1.74 bits per heavy atom. The second-order valence-electron chi connectivity index (χ2n) is 13.3. The summed E-state index contributed by atoms with van der Waals surface area (Å²) in [6.07, 6.45) is 9.67. The number of hydrogen-bond donors (Lipinski definition) is 2. The number of nitrogens with one attached hydrogen (secondary N) is 1. The lowest BCUT2D eigenvalue weighted by Gasteiger charge is -2.46. The summed E-state index contributed by atoms with van der Waals surface area (Å²) in [6, 6.07) is 5.84. The number of pyridine rings is 1. The number of carbonyl (C=O) groups excluding carboxylic acids is 3. The Labute approximate surface area is 253 Å². The van der Waals surface area contributed by atoms with Crippen LogP contribution < -0.4 is 11.1 Å². The summed E-state index contributed by atoms with van der Waals surface area (Å²) in [5, 5.41) is 4.36. The van der Waals surface area contributed by atoms with Crippen LogP contribution in [0.4, 0.5) is 0 Å². The van der Waals surface area contributed by atoms with Gasteiger partial charge in [-0.2, -0.15) is 0 Å². The Balaban J connectivity index is 1.31. The molecule has 1 aromatic carbocycles. The molecule has 3 aromatic rings. The van der Waals surface area contributed by atoms with Crippen molar-refractivity contribution in [1.82, 2.24) is 19.8 Å². The first-order valence-corrected chi connectivity index (χ1v) is 15.8. The van der Waals surface area contributed by atoms with Gasteiger partial charge in [0.05, 0.1) is 29.0 Å². The maximum absolute atomic E-state index is 14.1. The number of rotatable bonds is 7. The molecule has 3 N–H and O–H groups in total. The van der Waals surface area contributed by atoms with Crippen LogP contribution in [-0.2, 0) is 4.79 Å². The van der Waals surface area contributed by atoms with E-state index >= 15 is 0 Å². The molecule has 8 heteroatoms. The molecular weight excluding hydrogens is 538 g/mol. The zero-order valence-electron chi connectivity index (χ0n) is 25.7. The molecule has 5 heterocycles. The van der Waals surface area contributed by atoms with Crippen LogP contribution >= 0.6 is 0 Å². The maximum atomic E-state index is 14.1. The van der Waals surface area contributed by atoms with E-state index in [1.165, 1.54) is 5.57 Å². The molecule has 1 saturated carbocycles. The molecule has 7 rings (SSSR count). The van der Waals surface area contributed by atoms with E-state index in [-0.39, 0.29) is 41.4 Å². The lowest BCUT2D eigenvalue weighted by atomic mass is 9.73. The van der Waals surface area contributed by atoms with Gasteiger partial charge in [-0.1, -0.05) is 45.9 Å². The Kier molecular flexibility index (Phi) is 7.75. The quantitative estimate of drug-likeness (QED) is 0.283. The predicted molar refractivity (Wildman–Crippen MR) is 169 cm³/mol. The van der Waals surface area contributed by atoms with Crippen molar-refractivity contribution in [3.8, 4) is 5.69 Å². The van der Waals surface area contributed by atoms with E-state index in [9.17, 15) is 14.4 Å². The number of ketones is 1. The van der Waals surface area contributed by atoms with Crippen LogP contribution in [0.2, 0.25) is 0 Å². The Morgan fingerprint density at radius 1 is 1.00 bits per heavy atom. The van der Waals surface area contributed by atoms with Crippen molar-refractivity contribution in [3.05, 3.63) is 71.2 Å². The van der Waals surface area contributed by atoms with Gasteiger partial charge in [-0.15, -0.1) is 0 Å². The molecule has 0 unspecified atom stereocenters. The maximum Gasteiger partial charge on any atom is 0.250 e. The van der Waals surface area contributed by atoms with Crippen LogP contribution in [-0.4, -0.2) is 57.2 Å². The highest BCUT2D eigenvalue weighted by molar-refractivity contribution is 6.10. The Hall–Kier alpha value is -3.78. The van der Waals surface area contributed by atoms with Crippen LogP contribution in [0, 0.1) is 11.8 Å². The number of primary amides is 1. The summed E-state index contributed by atoms with van der Waals surface area (Å²) in [5.74, 6) is 0.0893. The lowest BCUT2D eigenvalue weighted by molar-refractivity contribution is -0.137. The number of fused-ring (bicyclic) bond motifs is 4. The smallest absolute Gasteiger partial charge is 0.250 e. The first kappa shape index (κ1) is 29.3. The van der Waals surface area contributed by atoms with E-state index in [4.69, 9.17) is 5.73 Å². The highest BCUT2D eigenvalue weighted by atomic mass is 16.2. The van der Waals surface area contributed by atoms with Gasteiger partial charge in [-0.25, -0.2) is 0 Å². The van der Waals surface area contributed by atoms with Gasteiger partial charge >= 0.3 is 0 Å². The van der Waals surface area contributed by atoms with Crippen LogP contribution in [0.25, 0.3) is 16.6 Å². The molecule has 3 aliphatic heterocycles. The van der Waals surface area contributed by atoms with Gasteiger partial charge in [0.1, 0.15) is 0 Å². The number of hydrogen-bond acceptors (Lipinski definition) is 5. The summed E-state index contributed by atoms with van der Waals surface area (Å²) in [7, 11) is 0. The van der Waals surface area contributed by atoms with Crippen molar-refractivity contribution in [2.45, 2.75) is 83.7 Å². The summed E-state index contributed by atoms with van der Waals surface area (Å²) in [5.41, 5.74) is 11.8. The minimum absolute atomic E-state index is 0.0667. The number of nitrogens with zero attached hydrogens (tertiary/aromatic N) is 3. The number of likely N-dealkylation sites (tertiary alicyclic amines) is 1. The van der Waals surface area contributed by atoms with Gasteiger partial charge in [0, 0.05) is 54.3 Å². The lowest BCUT2D eigenvalue weighted by Crippen LogP contribution is -2.60. The predicted octanol–water partition coefficient (Wildman–Crippen LogP) is 5.49. The second kappa shape index (κ2) is 11.4. The SMILES string of the molecule is C=C1C[C@@H]2CC[C@H]1[C@@H](C(=O)N1CCC(C(=O)c3cn(-c4c(C(N)=O)ccc(C(C)C)c4C(C)C)c4cnccc34)CC1)N2. The van der Waals surface area contributed by atoms with Gasteiger partial charge < -0.3 is 20.5 Å². The van der Waals surface area contributed by atoms with Gasteiger partial charge in [0.15, 0.2) is 5.78 Å². The topological polar surface area (TPSA) is 110 Å². The highest BCUT2D eigenvalue weighted by Crippen LogP contribution is 2.39. The molecule has 2 bridgehead atoms. The van der Waals surface area contributed by atoms with Gasteiger partial charge in [0.25, 0.3) is 5.91 Å². The number of amides is 2. The van der Waals surface area contributed by atoms with Gasteiger partial charge in [-0.3, -0.25) is 19.4 Å². The number of Topliss-reactive ketones (excluding diaryl/α,β-unsaturated/α-hetero) is 1. The molecule has 3 saturated heterocycles. The third kappa shape index (κ3) is 5.09. The molecule has 0 radical (unpaired) electrons. The van der Waals surface area contributed by atoms with Crippen molar-refractivity contribution >= 4 is 28.5 Å². The van der Waals surface area contributed by atoms with Crippen LogP contribution in [0.15, 0.2) is 48.9 Å².